The standard InChI is InChI=1S/C28H30N6O3/c35-17-33-14-10-20(11-15-33)24-16-25(36)31-27-26-22(2-1-3-23(26)32-34(24)27)30-28(37)21-6-4-18(5-7-21)19-8-12-29-13-9-19/h1-7,16-17,19-20,29H,8-15H2,(H,30,37)(H,31,36). The van der Waals surface area contributed by atoms with Crippen LogP contribution in [0.1, 0.15) is 59.1 Å². The molecule has 4 heterocycles. The molecule has 6 rings (SSSR count). The van der Waals surface area contributed by atoms with E-state index in [0.29, 0.717) is 46.8 Å². The highest BCUT2D eigenvalue weighted by Crippen LogP contribution is 2.32. The summed E-state index contributed by atoms with van der Waals surface area (Å²) in [6.07, 6.45) is 4.63. The van der Waals surface area contributed by atoms with Crippen LogP contribution in [-0.4, -0.2) is 58.0 Å². The van der Waals surface area contributed by atoms with Gasteiger partial charge in [0, 0.05) is 30.6 Å². The van der Waals surface area contributed by atoms with Gasteiger partial charge in [-0.25, -0.2) is 4.52 Å². The number of carbonyl (C=O) groups is 2. The fourth-order valence-electron chi connectivity index (χ4n) is 5.74. The summed E-state index contributed by atoms with van der Waals surface area (Å²) >= 11 is 0. The Hall–Kier alpha value is -3.98. The van der Waals surface area contributed by atoms with Crippen LogP contribution in [0.25, 0.3) is 16.6 Å². The van der Waals surface area contributed by atoms with E-state index in [-0.39, 0.29) is 17.4 Å². The van der Waals surface area contributed by atoms with Crippen LogP contribution in [0.3, 0.4) is 0 Å². The lowest BCUT2D eigenvalue weighted by Gasteiger charge is -2.29. The second-order valence-corrected chi connectivity index (χ2v) is 10.0. The van der Waals surface area contributed by atoms with Crippen molar-refractivity contribution in [2.45, 2.75) is 37.5 Å². The van der Waals surface area contributed by atoms with Crippen LogP contribution in [0.4, 0.5) is 5.69 Å². The Morgan fingerprint density at radius 1 is 1.00 bits per heavy atom. The normalized spacial score (nSPS) is 17.4. The zero-order valence-corrected chi connectivity index (χ0v) is 20.6. The first-order valence-corrected chi connectivity index (χ1v) is 13.0. The first-order valence-electron chi connectivity index (χ1n) is 13.0. The third-order valence-electron chi connectivity index (χ3n) is 7.79. The Balaban J connectivity index is 1.31. The molecule has 0 bridgehead atoms. The van der Waals surface area contributed by atoms with Crippen molar-refractivity contribution in [2.24, 2.45) is 0 Å². The SMILES string of the molecule is O=CN1CCC(c2cc(=O)[nH]c3c4c(NC(=O)c5ccc(C6CCNCC6)cc5)cccc4nn23)CC1. The summed E-state index contributed by atoms with van der Waals surface area (Å²) in [6, 6.07) is 15.0. The molecule has 0 radical (unpaired) electrons. The minimum atomic E-state index is -0.211. The van der Waals surface area contributed by atoms with Crippen molar-refractivity contribution in [2.75, 3.05) is 31.5 Å². The predicted octanol–water partition coefficient (Wildman–Crippen LogP) is 3.23. The highest BCUT2D eigenvalue weighted by Gasteiger charge is 2.24. The van der Waals surface area contributed by atoms with Gasteiger partial charge in [0.25, 0.3) is 11.5 Å². The number of hydrogen-bond acceptors (Lipinski definition) is 5. The average molecular weight is 499 g/mol. The van der Waals surface area contributed by atoms with E-state index in [1.165, 1.54) is 5.56 Å². The number of rotatable bonds is 5. The van der Waals surface area contributed by atoms with Gasteiger partial charge in [0.15, 0.2) is 0 Å². The van der Waals surface area contributed by atoms with Gasteiger partial charge >= 0.3 is 0 Å². The molecule has 2 aromatic carbocycles. The molecule has 9 heteroatoms. The van der Waals surface area contributed by atoms with Gasteiger partial charge in [0.05, 0.1) is 22.3 Å². The van der Waals surface area contributed by atoms with E-state index >= 15 is 0 Å². The van der Waals surface area contributed by atoms with Gasteiger partial charge in [-0.2, -0.15) is 5.10 Å². The maximum absolute atomic E-state index is 13.2. The molecule has 190 valence electrons. The van der Waals surface area contributed by atoms with E-state index in [9.17, 15) is 14.4 Å². The number of amides is 2. The summed E-state index contributed by atoms with van der Waals surface area (Å²) in [7, 11) is 0. The largest absolute Gasteiger partial charge is 0.345 e. The van der Waals surface area contributed by atoms with Crippen LogP contribution in [0.15, 0.2) is 53.3 Å². The number of H-pyrrole nitrogens is 1. The van der Waals surface area contributed by atoms with E-state index in [2.05, 4.69) is 27.8 Å². The molecule has 0 spiro atoms. The number of piperidine rings is 2. The lowest BCUT2D eigenvalue weighted by molar-refractivity contribution is -0.119. The molecule has 0 saturated carbocycles. The van der Waals surface area contributed by atoms with Crippen molar-refractivity contribution in [1.29, 1.82) is 0 Å². The van der Waals surface area contributed by atoms with E-state index in [1.54, 1.807) is 15.5 Å². The number of aromatic nitrogens is 3. The quantitative estimate of drug-likeness (QED) is 0.366. The zero-order chi connectivity index (χ0) is 25.4. The summed E-state index contributed by atoms with van der Waals surface area (Å²) in [4.78, 5) is 41.7. The Labute approximate surface area is 213 Å². The maximum Gasteiger partial charge on any atom is 0.255 e. The third-order valence-corrected chi connectivity index (χ3v) is 7.79. The molecule has 0 unspecified atom stereocenters. The monoisotopic (exact) mass is 498 g/mol. The van der Waals surface area contributed by atoms with Crippen molar-refractivity contribution >= 4 is 34.6 Å². The van der Waals surface area contributed by atoms with E-state index in [0.717, 1.165) is 50.9 Å². The second kappa shape index (κ2) is 9.82. The number of carbonyl (C=O) groups excluding carboxylic acids is 2. The van der Waals surface area contributed by atoms with Gasteiger partial charge in [0.1, 0.15) is 5.65 Å². The van der Waals surface area contributed by atoms with Gasteiger partial charge in [-0.15, -0.1) is 0 Å². The average Bonchev–Trinajstić information content (AvgIpc) is 3.32. The molecular formula is C28H30N6O3. The number of nitrogens with zero attached hydrogens (tertiary/aromatic N) is 3. The Morgan fingerprint density at radius 2 is 1.76 bits per heavy atom. The van der Waals surface area contributed by atoms with Crippen molar-refractivity contribution in [3.63, 3.8) is 0 Å². The summed E-state index contributed by atoms with van der Waals surface area (Å²) in [5, 5.41) is 11.9. The van der Waals surface area contributed by atoms with E-state index in [1.807, 2.05) is 30.3 Å². The van der Waals surface area contributed by atoms with Crippen molar-refractivity contribution in [1.82, 2.24) is 24.8 Å². The molecule has 2 saturated heterocycles. The van der Waals surface area contributed by atoms with E-state index in [4.69, 9.17) is 5.10 Å². The molecule has 3 N–H and O–H groups in total. The number of nitrogens with one attached hydrogen (secondary N) is 3. The maximum atomic E-state index is 13.2. The number of fused-ring (bicyclic) bond motifs is 3. The Kier molecular flexibility index (Phi) is 6.21. The molecule has 9 nitrogen and oxygen atoms in total. The minimum Gasteiger partial charge on any atom is -0.345 e. The Bertz CT molecular complexity index is 1510. The number of hydrogen-bond donors (Lipinski definition) is 3. The summed E-state index contributed by atoms with van der Waals surface area (Å²) in [6.45, 7) is 3.36. The minimum absolute atomic E-state index is 0.117. The summed E-state index contributed by atoms with van der Waals surface area (Å²) < 4.78 is 1.79. The second-order valence-electron chi connectivity index (χ2n) is 10.0. The lowest BCUT2D eigenvalue weighted by atomic mass is 9.90. The molecule has 0 aliphatic carbocycles. The van der Waals surface area contributed by atoms with Gasteiger partial charge in [-0.05, 0) is 74.5 Å². The van der Waals surface area contributed by atoms with Crippen LogP contribution in [0.2, 0.25) is 0 Å². The number of benzene rings is 2. The molecule has 2 amide bonds. The summed E-state index contributed by atoms with van der Waals surface area (Å²) in [5.41, 5.74) is 4.32. The Morgan fingerprint density at radius 3 is 2.49 bits per heavy atom. The fraction of sp³-hybridized carbons (Fsp3) is 0.357. The highest BCUT2D eigenvalue weighted by molar-refractivity contribution is 6.11. The third kappa shape index (κ3) is 4.51. The van der Waals surface area contributed by atoms with Crippen LogP contribution >= 0.6 is 0 Å². The molecule has 2 aliphatic rings. The van der Waals surface area contributed by atoms with Gasteiger partial charge in [-0.3, -0.25) is 14.4 Å². The van der Waals surface area contributed by atoms with Crippen LogP contribution in [0, 0.1) is 0 Å². The molecule has 2 fully saturated rings. The van der Waals surface area contributed by atoms with E-state index < -0.39 is 0 Å². The zero-order valence-electron chi connectivity index (χ0n) is 20.6. The number of anilines is 1. The molecule has 2 aliphatic heterocycles. The van der Waals surface area contributed by atoms with Crippen LogP contribution in [-0.2, 0) is 4.79 Å². The smallest absolute Gasteiger partial charge is 0.255 e. The predicted molar refractivity (Wildman–Crippen MR) is 142 cm³/mol. The first kappa shape index (κ1) is 23.4. The van der Waals surface area contributed by atoms with Gasteiger partial charge in [0.2, 0.25) is 6.41 Å². The topological polar surface area (TPSA) is 112 Å². The molecule has 37 heavy (non-hydrogen) atoms. The van der Waals surface area contributed by atoms with Crippen molar-refractivity contribution in [3.05, 3.63) is 75.7 Å². The lowest BCUT2D eigenvalue weighted by Crippen LogP contribution is -2.32. The fourth-order valence-corrected chi connectivity index (χ4v) is 5.74. The van der Waals surface area contributed by atoms with Gasteiger partial charge in [-0.1, -0.05) is 18.2 Å². The van der Waals surface area contributed by atoms with Gasteiger partial charge < -0.3 is 20.5 Å². The van der Waals surface area contributed by atoms with Crippen molar-refractivity contribution in [3.8, 4) is 0 Å². The molecule has 4 aromatic rings. The molecule has 2 aromatic heterocycles. The molecular weight excluding hydrogens is 468 g/mol. The highest BCUT2D eigenvalue weighted by atomic mass is 16.2. The van der Waals surface area contributed by atoms with Crippen molar-refractivity contribution < 1.29 is 9.59 Å². The van der Waals surface area contributed by atoms with Crippen LogP contribution in [0.5, 0.6) is 0 Å². The van der Waals surface area contributed by atoms with Crippen LogP contribution < -0.4 is 16.2 Å². The molecule has 0 atom stereocenters. The summed E-state index contributed by atoms with van der Waals surface area (Å²) in [5.74, 6) is 0.442. The number of aromatic amines is 1. The number of likely N-dealkylation sites (tertiary alicyclic amines) is 1. The first-order chi connectivity index (χ1) is 18.1.